The smallest absolute Gasteiger partial charge is 0.116 e. The molecule has 4 aromatic rings. The average molecular weight is 311 g/mol. The third kappa shape index (κ3) is 2.22. The van der Waals surface area contributed by atoms with E-state index in [9.17, 15) is 5.26 Å². The second-order valence-corrected chi connectivity index (χ2v) is 5.48. The number of rotatable bonds is 2. The van der Waals surface area contributed by atoms with Crippen molar-refractivity contribution in [2.24, 2.45) is 7.05 Å². The summed E-state index contributed by atoms with van der Waals surface area (Å²) in [6.07, 6.45) is 5.05. The molecule has 2 heterocycles. The van der Waals surface area contributed by atoms with Gasteiger partial charge in [-0.05, 0) is 29.8 Å². The van der Waals surface area contributed by atoms with Crippen molar-refractivity contribution in [2.45, 2.75) is 0 Å². The van der Waals surface area contributed by atoms with Gasteiger partial charge in [0.1, 0.15) is 6.33 Å². The zero-order chi connectivity index (χ0) is 16.5. The predicted octanol–water partition coefficient (Wildman–Crippen LogP) is 3.57. The van der Waals surface area contributed by atoms with Crippen molar-refractivity contribution in [3.8, 4) is 28.5 Å². The summed E-state index contributed by atoms with van der Waals surface area (Å²) < 4.78 is 1.83. The summed E-state index contributed by atoms with van der Waals surface area (Å²) in [5, 5.41) is 14.9. The molecule has 0 bridgehead atoms. The molecular formula is C19H13N5. The Bertz CT molecular complexity index is 1070. The lowest BCUT2D eigenvalue weighted by atomic mass is 9.92. The van der Waals surface area contributed by atoms with Gasteiger partial charge in [-0.2, -0.15) is 10.4 Å². The van der Waals surface area contributed by atoms with Crippen LogP contribution in [0.1, 0.15) is 5.56 Å². The van der Waals surface area contributed by atoms with E-state index in [0.29, 0.717) is 5.56 Å². The highest BCUT2D eigenvalue weighted by Crippen LogP contribution is 2.35. The average Bonchev–Trinajstić information content (AvgIpc) is 3.02. The van der Waals surface area contributed by atoms with Crippen LogP contribution in [0.15, 0.2) is 61.2 Å². The Morgan fingerprint density at radius 2 is 2.04 bits per heavy atom. The molecule has 2 aromatic carbocycles. The largest absolute Gasteiger partial charge is 0.268 e. The Morgan fingerprint density at radius 3 is 2.83 bits per heavy atom. The van der Waals surface area contributed by atoms with Gasteiger partial charge in [-0.25, -0.2) is 9.97 Å². The van der Waals surface area contributed by atoms with Gasteiger partial charge in [0, 0.05) is 29.8 Å². The van der Waals surface area contributed by atoms with Crippen LogP contribution in [0.4, 0.5) is 0 Å². The van der Waals surface area contributed by atoms with Crippen LogP contribution in [-0.2, 0) is 7.05 Å². The fraction of sp³-hybridized carbons (Fsp3) is 0.0526. The van der Waals surface area contributed by atoms with Gasteiger partial charge in [0.2, 0.25) is 0 Å². The Hall–Kier alpha value is -3.52. The molecular weight excluding hydrogens is 298 g/mol. The molecule has 0 saturated carbocycles. The van der Waals surface area contributed by atoms with Gasteiger partial charge >= 0.3 is 0 Å². The van der Waals surface area contributed by atoms with Gasteiger partial charge in [0.15, 0.2) is 0 Å². The van der Waals surface area contributed by atoms with Gasteiger partial charge < -0.3 is 0 Å². The molecule has 24 heavy (non-hydrogen) atoms. The topological polar surface area (TPSA) is 67.4 Å². The lowest BCUT2D eigenvalue weighted by Gasteiger charge is -2.11. The van der Waals surface area contributed by atoms with E-state index in [0.717, 1.165) is 33.3 Å². The SMILES string of the molecule is Cn1ncc2cc(-c3c(C#N)cccc3-c3ccncn3)ccc21. The van der Waals surface area contributed by atoms with Gasteiger partial charge in [-0.1, -0.05) is 18.2 Å². The van der Waals surface area contributed by atoms with Gasteiger partial charge in [-0.3, -0.25) is 4.68 Å². The lowest BCUT2D eigenvalue weighted by Crippen LogP contribution is -1.93. The van der Waals surface area contributed by atoms with Gasteiger partial charge in [-0.15, -0.1) is 0 Å². The molecule has 0 spiro atoms. The number of aromatic nitrogens is 4. The van der Waals surface area contributed by atoms with E-state index < -0.39 is 0 Å². The van der Waals surface area contributed by atoms with Crippen LogP contribution in [0, 0.1) is 11.3 Å². The first-order valence-corrected chi connectivity index (χ1v) is 7.49. The second-order valence-electron chi connectivity index (χ2n) is 5.48. The molecule has 0 atom stereocenters. The minimum Gasteiger partial charge on any atom is -0.268 e. The van der Waals surface area contributed by atoms with Crippen LogP contribution in [0.5, 0.6) is 0 Å². The summed E-state index contributed by atoms with van der Waals surface area (Å²) in [4.78, 5) is 8.31. The summed E-state index contributed by atoms with van der Waals surface area (Å²) in [6, 6.07) is 15.9. The van der Waals surface area contributed by atoms with E-state index in [4.69, 9.17) is 0 Å². The molecule has 0 N–H and O–H groups in total. The molecule has 0 radical (unpaired) electrons. The number of fused-ring (bicyclic) bond motifs is 1. The maximum Gasteiger partial charge on any atom is 0.116 e. The van der Waals surface area contributed by atoms with Crippen molar-refractivity contribution in [3.63, 3.8) is 0 Å². The molecule has 0 aliphatic rings. The zero-order valence-corrected chi connectivity index (χ0v) is 13.0. The number of benzene rings is 2. The van der Waals surface area contributed by atoms with Crippen LogP contribution < -0.4 is 0 Å². The third-order valence-corrected chi connectivity index (χ3v) is 4.08. The number of hydrogen-bond acceptors (Lipinski definition) is 4. The Labute approximate surface area is 138 Å². The number of nitriles is 1. The predicted molar refractivity (Wildman–Crippen MR) is 91.9 cm³/mol. The van der Waals surface area contributed by atoms with Crippen LogP contribution in [0.2, 0.25) is 0 Å². The maximum absolute atomic E-state index is 9.57. The molecule has 0 aliphatic heterocycles. The van der Waals surface area contributed by atoms with Gasteiger partial charge in [0.05, 0.1) is 29.0 Å². The fourth-order valence-corrected chi connectivity index (χ4v) is 2.94. The maximum atomic E-state index is 9.57. The molecule has 0 saturated heterocycles. The first-order valence-electron chi connectivity index (χ1n) is 7.49. The number of hydrogen-bond donors (Lipinski definition) is 0. The Morgan fingerprint density at radius 1 is 1.12 bits per heavy atom. The normalized spacial score (nSPS) is 10.7. The summed E-state index contributed by atoms with van der Waals surface area (Å²) in [6.45, 7) is 0. The van der Waals surface area contributed by atoms with Crippen molar-refractivity contribution in [2.75, 3.05) is 0 Å². The molecule has 5 heteroatoms. The molecule has 0 fully saturated rings. The van der Waals surface area contributed by atoms with E-state index in [-0.39, 0.29) is 0 Å². The lowest BCUT2D eigenvalue weighted by molar-refractivity contribution is 0.797. The highest BCUT2D eigenvalue weighted by Gasteiger charge is 2.14. The van der Waals surface area contributed by atoms with Crippen LogP contribution >= 0.6 is 0 Å². The van der Waals surface area contributed by atoms with Crippen LogP contribution in [-0.4, -0.2) is 19.7 Å². The van der Waals surface area contributed by atoms with Crippen molar-refractivity contribution >= 4 is 10.9 Å². The molecule has 2 aromatic heterocycles. The monoisotopic (exact) mass is 311 g/mol. The van der Waals surface area contributed by atoms with Crippen molar-refractivity contribution in [1.82, 2.24) is 19.7 Å². The summed E-state index contributed by atoms with van der Waals surface area (Å²) >= 11 is 0. The Kier molecular flexibility index (Phi) is 3.29. The first kappa shape index (κ1) is 14.1. The quantitative estimate of drug-likeness (QED) is 0.567. The minimum absolute atomic E-state index is 0.620. The standard InChI is InChI=1S/C19H13N5/c1-24-18-6-5-13(9-15(18)11-23-24)19-14(10-20)3-2-4-16(19)17-7-8-21-12-22-17/h2-9,11-12H,1H3. The zero-order valence-electron chi connectivity index (χ0n) is 13.0. The molecule has 0 aliphatic carbocycles. The van der Waals surface area contributed by atoms with Gasteiger partial charge in [0.25, 0.3) is 0 Å². The Balaban J connectivity index is 2.00. The minimum atomic E-state index is 0.620. The summed E-state index contributed by atoms with van der Waals surface area (Å²) in [5.74, 6) is 0. The molecule has 114 valence electrons. The van der Waals surface area contributed by atoms with Crippen molar-refractivity contribution < 1.29 is 0 Å². The van der Waals surface area contributed by atoms with Crippen molar-refractivity contribution in [1.29, 1.82) is 5.26 Å². The fourth-order valence-electron chi connectivity index (χ4n) is 2.94. The number of nitrogens with zero attached hydrogens (tertiary/aromatic N) is 5. The third-order valence-electron chi connectivity index (χ3n) is 4.08. The summed E-state index contributed by atoms with van der Waals surface area (Å²) in [5.41, 5.74) is 5.24. The molecule has 5 nitrogen and oxygen atoms in total. The molecule has 0 unspecified atom stereocenters. The van der Waals surface area contributed by atoms with Crippen molar-refractivity contribution in [3.05, 3.63) is 66.7 Å². The van der Waals surface area contributed by atoms with E-state index in [1.54, 1.807) is 6.20 Å². The number of aryl methyl sites for hydroxylation is 1. The summed E-state index contributed by atoms with van der Waals surface area (Å²) in [7, 11) is 1.91. The first-order chi connectivity index (χ1) is 11.8. The molecule has 4 rings (SSSR count). The van der Waals surface area contributed by atoms with E-state index in [1.165, 1.54) is 6.33 Å². The highest BCUT2D eigenvalue weighted by molar-refractivity contribution is 5.91. The highest BCUT2D eigenvalue weighted by atomic mass is 15.2. The van der Waals surface area contributed by atoms with E-state index in [1.807, 2.05) is 54.3 Å². The van der Waals surface area contributed by atoms with Crippen LogP contribution in [0.25, 0.3) is 33.3 Å². The second kappa shape index (κ2) is 5.60. The van der Waals surface area contributed by atoms with E-state index in [2.05, 4.69) is 27.2 Å². The van der Waals surface area contributed by atoms with Crippen LogP contribution in [0.3, 0.4) is 0 Å². The van der Waals surface area contributed by atoms with E-state index >= 15 is 0 Å². The molecule has 0 amide bonds.